The van der Waals surface area contributed by atoms with Crippen LogP contribution in [0.1, 0.15) is 21.5 Å². The molecule has 6 rings (SSSR count). The normalized spacial score (nSPS) is 11.5. The van der Waals surface area contributed by atoms with Crippen LogP contribution >= 0.6 is 23.2 Å². The van der Waals surface area contributed by atoms with E-state index in [-0.39, 0.29) is 0 Å². The average molecular weight is 508 g/mol. The Hall–Kier alpha value is -3.79. The number of amides is 1. The minimum absolute atomic E-state index is 0.465. The van der Waals surface area contributed by atoms with Gasteiger partial charge in [0.15, 0.2) is 0 Å². The lowest BCUT2D eigenvalue weighted by Gasteiger charge is -2.11. The first-order valence-corrected chi connectivity index (χ1v) is 12.4. The van der Waals surface area contributed by atoms with E-state index in [2.05, 4.69) is 60.0 Å². The first-order valence-electron chi connectivity index (χ1n) is 11.6. The Bertz CT molecular complexity index is 1810. The van der Waals surface area contributed by atoms with Gasteiger partial charge < -0.3 is 10.3 Å². The number of carbonyl (C=O) groups is 1. The molecular weight excluding hydrogens is 487 g/mol. The molecule has 0 saturated carbocycles. The molecule has 36 heavy (non-hydrogen) atoms. The molecule has 0 atom stereocenters. The third-order valence-electron chi connectivity index (χ3n) is 6.71. The molecule has 0 bridgehead atoms. The fraction of sp³-hybridized carbons (Fsp3) is 0.0645. The Balaban J connectivity index is 1.61. The second-order valence-electron chi connectivity index (χ2n) is 9.08. The van der Waals surface area contributed by atoms with Crippen LogP contribution in [0.4, 0.5) is 0 Å². The molecule has 175 valence electrons. The summed E-state index contributed by atoms with van der Waals surface area (Å²) in [4.78, 5) is 12.3. The number of fused-ring (bicyclic) bond motifs is 4. The van der Waals surface area contributed by atoms with Gasteiger partial charge in [0.1, 0.15) is 0 Å². The van der Waals surface area contributed by atoms with Crippen LogP contribution in [0.15, 0.2) is 84.9 Å². The molecule has 0 aliphatic carbocycles. The van der Waals surface area contributed by atoms with Gasteiger partial charge in [0.2, 0.25) is 5.91 Å². The van der Waals surface area contributed by atoms with Gasteiger partial charge in [0.05, 0.1) is 11.0 Å². The number of hydrogen-bond donors (Lipinski definition) is 1. The Morgan fingerprint density at radius 2 is 1.61 bits per heavy atom. The van der Waals surface area contributed by atoms with Crippen LogP contribution < -0.4 is 5.73 Å². The van der Waals surface area contributed by atoms with Crippen molar-refractivity contribution in [2.75, 3.05) is 0 Å². The minimum Gasteiger partial charge on any atom is -0.366 e. The summed E-state index contributed by atoms with van der Waals surface area (Å²) in [7, 11) is 0. The third-order valence-corrected chi connectivity index (χ3v) is 7.34. The summed E-state index contributed by atoms with van der Waals surface area (Å²) in [5.74, 6) is -0.465. The molecule has 0 spiro atoms. The molecule has 6 aromatic rings. The molecule has 0 fully saturated rings. The number of primary amides is 1. The number of nitrogens with zero attached hydrogens (tertiary/aromatic N) is 1. The van der Waals surface area contributed by atoms with Crippen LogP contribution in [0.3, 0.4) is 0 Å². The van der Waals surface area contributed by atoms with Gasteiger partial charge in [-0.25, -0.2) is 0 Å². The Morgan fingerprint density at radius 1 is 0.889 bits per heavy atom. The van der Waals surface area contributed by atoms with Gasteiger partial charge in [0, 0.05) is 38.5 Å². The predicted molar refractivity (Wildman–Crippen MR) is 150 cm³/mol. The quantitative estimate of drug-likeness (QED) is 0.257. The Kier molecular flexibility index (Phi) is 5.48. The smallest absolute Gasteiger partial charge is 0.249 e. The average Bonchev–Trinajstić information content (AvgIpc) is 3.17. The lowest BCUT2D eigenvalue weighted by molar-refractivity contribution is 0.100. The maximum atomic E-state index is 12.3. The van der Waals surface area contributed by atoms with Gasteiger partial charge >= 0.3 is 0 Å². The molecule has 0 aliphatic heterocycles. The Morgan fingerprint density at radius 3 is 2.39 bits per heavy atom. The first-order chi connectivity index (χ1) is 17.4. The molecule has 1 aromatic heterocycles. The van der Waals surface area contributed by atoms with Gasteiger partial charge in [-0.05, 0) is 77.4 Å². The summed E-state index contributed by atoms with van der Waals surface area (Å²) in [6, 6.07) is 31.4. The zero-order valence-corrected chi connectivity index (χ0v) is 21.0. The van der Waals surface area contributed by atoms with Gasteiger partial charge in [-0.1, -0.05) is 71.2 Å². The number of aryl methyl sites for hydroxylation is 1. The molecule has 1 amide bonds. The molecule has 1 heterocycles. The van der Waals surface area contributed by atoms with Crippen molar-refractivity contribution in [3.8, 4) is 11.1 Å². The van der Waals surface area contributed by atoms with Gasteiger partial charge in [0.25, 0.3) is 0 Å². The number of nitrogens with two attached hydrogens (primary N) is 1. The van der Waals surface area contributed by atoms with Crippen molar-refractivity contribution in [2.24, 2.45) is 5.73 Å². The van der Waals surface area contributed by atoms with E-state index in [9.17, 15) is 4.79 Å². The van der Waals surface area contributed by atoms with Crippen molar-refractivity contribution < 1.29 is 4.79 Å². The van der Waals surface area contributed by atoms with Gasteiger partial charge in [-0.3, -0.25) is 4.79 Å². The topological polar surface area (TPSA) is 48.0 Å². The lowest BCUT2D eigenvalue weighted by atomic mass is 10.0. The van der Waals surface area contributed by atoms with Crippen LogP contribution in [0.5, 0.6) is 0 Å². The van der Waals surface area contributed by atoms with E-state index < -0.39 is 5.91 Å². The molecule has 0 aliphatic rings. The fourth-order valence-corrected chi connectivity index (χ4v) is 5.66. The summed E-state index contributed by atoms with van der Waals surface area (Å²) in [5, 5.41) is 5.17. The molecule has 5 heteroatoms. The largest absolute Gasteiger partial charge is 0.366 e. The highest BCUT2D eigenvalue weighted by atomic mass is 35.5. The van der Waals surface area contributed by atoms with Crippen molar-refractivity contribution in [1.82, 2.24) is 4.57 Å². The lowest BCUT2D eigenvalue weighted by Crippen LogP contribution is -2.11. The van der Waals surface area contributed by atoms with Crippen LogP contribution in [0.2, 0.25) is 10.0 Å². The highest BCUT2D eigenvalue weighted by Gasteiger charge is 2.19. The van der Waals surface area contributed by atoms with Gasteiger partial charge in [-0.15, -0.1) is 0 Å². The molecule has 1 radical (unpaired) electrons. The standard InChI is InChI=1S/C31H21Cl2N2O/c1-18-8-10-21-15-19(9-11-20(21)14-18)17-35-27-7-2-4-24(31(34)36)30(27)23-13-12-22(16-28(23)35)29-25(32)5-3-6-26(29)33/h2-12,14-16H,17H2,1H3,(H2,34,36). The number of carbonyl (C=O) groups excluding carboxylic acids is 1. The van der Waals surface area contributed by atoms with E-state index in [1.165, 1.54) is 16.3 Å². The summed E-state index contributed by atoms with van der Waals surface area (Å²) in [5.41, 5.74) is 12.1. The summed E-state index contributed by atoms with van der Waals surface area (Å²) >= 11 is 13.1. The summed E-state index contributed by atoms with van der Waals surface area (Å²) in [6.45, 7) is 2.71. The highest BCUT2D eigenvalue weighted by Crippen LogP contribution is 2.39. The van der Waals surface area contributed by atoms with Gasteiger partial charge in [-0.2, -0.15) is 0 Å². The highest BCUT2D eigenvalue weighted by molar-refractivity contribution is 6.39. The Labute approximate surface area is 218 Å². The first kappa shape index (κ1) is 22.7. The summed E-state index contributed by atoms with van der Waals surface area (Å²) < 4.78 is 2.21. The van der Waals surface area contributed by atoms with Crippen LogP contribution in [0, 0.1) is 13.0 Å². The van der Waals surface area contributed by atoms with Crippen molar-refractivity contribution in [1.29, 1.82) is 0 Å². The number of halogens is 2. The third kappa shape index (κ3) is 3.72. The van der Waals surface area contributed by atoms with E-state index >= 15 is 0 Å². The number of aromatic nitrogens is 1. The number of benzene rings is 5. The predicted octanol–water partition coefficient (Wildman–Crippen LogP) is 8.18. The second-order valence-corrected chi connectivity index (χ2v) is 9.89. The molecule has 3 nitrogen and oxygen atoms in total. The molecule has 0 unspecified atom stereocenters. The number of hydrogen-bond acceptors (Lipinski definition) is 1. The molecule has 2 N–H and O–H groups in total. The second kappa shape index (κ2) is 8.70. The van der Waals surface area contributed by atoms with E-state index in [0.717, 1.165) is 38.5 Å². The van der Waals surface area contributed by atoms with E-state index in [0.29, 0.717) is 22.2 Å². The van der Waals surface area contributed by atoms with Crippen molar-refractivity contribution in [3.63, 3.8) is 0 Å². The fourth-order valence-electron chi connectivity index (χ4n) is 5.04. The van der Waals surface area contributed by atoms with Crippen LogP contribution in [-0.2, 0) is 6.54 Å². The monoisotopic (exact) mass is 507 g/mol. The molecule has 5 aromatic carbocycles. The van der Waals surface area contributed by atoms with Crippen molar-refractivity contribution in [2.45, 2.75) is 13.5 Å². The van der Waals surface area contributed by atoms with Crippen LogP contribution in [-0.4, -0.2) is 10.5 Å². The number of rotatable bonds is 4. The van der Waals surface area contributed by atoms with E-state index in [4.69, 9.17) is 28.9 Å². The molecular formula is C31H21Cl2N2O. The van der Waals surface area contributed by atoms with E-state index in [1.54, 1.807) is 6.07 Å². The molecule has 0 saturated heterocycles. The van der Waals surface area contributed by atoms with Crippen molar-refractivity contribution in [3.05, 3.63) is 118 Å². The maximum absolute atomic E-state index is 12.3. The van der Waals surface area contributed by atoms with E-state index in [1.807, 2.05) is 36.4 Å². The minimum atomic E-state index is -0.465. The zero-order valence-electron chi connectivity index (χ0n) is 19.5. The zero-order chi connectivity index (χ0) is 25.0. The SMILES string of the molecule is Cc1ccc2cc(Cn3c4cc(-c5c(Cl)cccc5Cl)c[c]c4c4c(C(N)=O)cccc43)ccc2c1. The maximum Gasteiger partial charge on any atom is 0.249 e. The summed E-state index contributed by atoms with van der Waals surface area (Å²) in [6.07, 6.45) is 0. The van der Waals surface area contributed by atoms with Crippen molar-refractivity contribution >= 4 is 61.7 Å². The van der Waals surface area contributed by atoms with Crippen LogP contribution in [0.25, 0.3) is 43.7 Å².